The van der Waals surface area contributed by atoms with Crippen LogP contribution in [0.5, 0.6) is 11.5 Å². The molecule has 3 aromatic rings. The van der Waals surface area contributed by atoms with Crippen molar-refractivity contribution >= 4 is 23.2 Å². The van der Waals surface area contributed by atoms with Crippen LogP contribution in [0.25, 0.3) is 0 Å². The first kappa shape index (κ1) is 17.3. The minimum Gasteiger partial charge on any atom is -0.486 e. The SMILES string of the molecule is N#Cc1cccc(Nc2nccc(C(=O)Nc3ccc4c(c3)OCCO4)n2)c1. The van der Waals surface area contributed by atoms with E-state index in [1.807, 2.05) is 0 Å². The van der Waals surface area contributed by atoms with Crippen LogP contribution >= 0.6 is 0 Å². The fourth-order valence-electron chi connectivity index (χ4n) is 2.66. The number of amides is 1. The zero-order valence-corrected chi connectivity index (χ0v) is 14.7. The number of rotatable bonds is 4. The van der Waals surface area contributed by atoms with Crippen LogP contribution in [0.3, 0.4) is 0 Å². The molecule has 0 saturated heterocycles. The molecule has 0 aliphatic carbocycles. The summed E-state index contributed by atoms with van der Waals surface area (Å²) >= 11 is 0. The Bertz CT molecular complexity index is 1080. The lowest BCUT2D eigenvalue weighted by molar-refractivity contribution is 0.102. The van der Waals surface area contributed by atoms with E-state index < -0.39 is 0 Å². The summed E-state index contributed by atoms with van der Waals surface area (Å²) in [6.45, 7) is 0.977. The third-order valence-corrected chi connectivity index (χ3v) is 3.94. The lowest BCUT2D eigenvalue weighted by Crippen LogP contribution is -2.17. The van der Waals surface area contributed by atoms with Gasteiger partial charge in [0, 0.05) is 23.6 Å². The highest BCUT2D eigenvalue weighted by Gasteiger charge is 2.14. The van der Waals surface area contributed by atoms with Gasteiger partial charge in [0.2, 0.25) is 5.95 Å². The van der Waals surface area contributed by atoms with Crippen molar-refractivity contribution in [2.45, 2.75) is 0 Å². The molecule has 4 rings (SSSR count). The first-order valence-corrected chi connectivity index (χ1v) is 8.52. The number of nitriles is 1. The maximum Gasteiger partial charge on any atom is 0.274 e. The topological polar surface area (TPSA) is 109 Å². The number of anilines is 3. The Balaban J connectivity index is 1.49. The standard InChI is InChI=1S/C20H15N5O3/c21-12-13-2-1-3-14(10-13)24-20-22-7-6-16(25-20)19(26)23-15-4-5-17-18(11-15)28-9-8-27-17/h1-7,10-11H,8-9H2,(H,23,26)(H,22,24,25). The van der Waals surface area contributed by atoms with Crippen LogP contribution < -0.4 is 20.1 Å². The van der Waals surface area contributed by atoms with E-state index in [1.165, 1.54) is 12.3 Å². The lowest BCUT2D eigenvalue weighted by Gasteiger charge is -2.19. The highest BCUT2D eigenvalue weighted by Crippen LogP contribution is 2.32. The summed E-state index contributed by atoms with van der Waals surface area (Å²) in [6, 6.07) is 15.7. The number of nitrogens with one attached hydrogen (secondary N) is 2. The van der Waals surface area contributed by atoms with Crippen LogP contribution in [-0.4, -0.2) is 29.1 Å². The van der Waals surface area contributed by atoms with E-state index in [-0.39, 0.29) is 17.5 Å². The Kier molecular flexibility index (Phi) is 4.72. The maximum absolute atomic E-state index is 12.5. The second kappa shape index (κ2) is 7.63. The summed E-state index contributed by atoms with van der Waals surface area (Å²) in [5.74, 6) is 1.11. The Labute approximate surface area is 160 Å². The monoisotopic (exact) mass is 373 g/mol. The van der Waals surface area contributed by atoms with Crippen LogP contribution in [0.1, 0.15) is 16.1 Å². The Morgan fingerprint density at radius 2 is 1.89 bits per heavy atom. The van der Waals surface area contributed by atoms with Gasteiger partial charge in [0.15, 0.2) is 11.5 Å². The normalized spacial score (nSPS) is 12.0. The molecule has 1 aliphatic rings. The fourth-order valence-corrected chi connectivity index (χ4v) is 2.66. The van der Waals surface area contributed by atoms with E-state index in [4.69, 9.17) is 14.7 Å². The molecule has 0 atom stereocenters. The zero-order chi connectivity index (χ0) is 19.3. The first-order chi connectivity index (χ1) is 13.7. The molecule has 8 heteroatoms. The van der Waals surface area contributed by atoms with E-state index >= 15 is 0 Å². The number of carbonyl (C=O) groups is 1. The molecule has 0 fully saturated rings. The fraction of sp³-hybridized carbons (Fsp3) is 0.100. The van der Waals surface area contributed by atoms with Crippen molar-refractivity contribution in [3.8, 4) is 17.6 Å². The van der Waals surface area contributed by atoms with Gasteiger partial charge in [-0.2, -0.15) is 5.26 Å². The molecule has 0 saturated carbocycles. The van der Waals surface area contributed by atoms with Gasteiger partial charge >= 0.3 is 0 Å². The Morgan fingerprint density at radius 3 is 2.75 bits per heavy atom. The van der Waals surface area contributed by atoms with E-state index in [0.717, 1.165) is 0 Å². The number of nitrogens with zero attached hydrogens (tertiary/aromatic N) is 3. The van der Waals surface area contributed by atoms with Crippen molar-refractivity contribution in [2.75, 3.05) is 23.8 Å². The smallest absolute Gasteiger partial charge is 0.274 e. The highest BCUT2D eigenvalue weighted by molar-refractivity contribution is 6.03. The maximum atomic E-state index is 12.5. The molecule has 28 heavy (non-hydrogen) atoms. The summed E-state index contributed by atoms with van der Waals surface area (Å²) in [6.07, 6.45) is 1.49. The number of aromatic nitrogens is 2. The van der Waals surface area contributed by atoms with Gasteiger partial charge in [0.05, 0.1) is 11.6 Å². The summed E-state index contributed by atoms with van der Waals surface area (Å²) in [5, 5.41) is 14.8. The minimum atomic E-state index is -0.382. The number of fused-ring (bicyclic) bond motifs is 1. The quantitative estimate of drug-likeness (QED) is 0.723. The molecule has 0 bridgehead atoms. The number of hydrogen-bond donors (Lipinski definition) is 2. The van der Waals surface area contributed by atoms with Gasteiger partial charge in [-0.05, 0) is 36.4 Å². The van der Waals surface area contributed by atoms with Crippen LogP contribution in [0.4, 0.5) is 17.3 Å². The molecule has 8 nitrogen and oxygen atoms in total. The van der Waals surface area contributed by atoms with E-state index in [2.05, 4.69) is 26.7 Å². The molecule has 2 heterocycles. The van der Waals surface area contributed by atoms with Gasteiger partial charge in [-0.25, -0.2) is 9.97 Å². The third-order valence-electron chi connectivity index (χ3n) is 3.94. The highest BCUT2D eigenvalue weighted by atomic mass is 16.6. The van der Waals surface area contributed by atoms with Crippen molar-refractivity contribution in [3.05, 3.63) is 66.0 Å². The number of benzene rings is 2. The zero-order valence-electron chi connectivity index (χ0n) is 14.7. The Morgan fingerprint density at radius 1 is 1.04 bits per heavy atom. The van der Waals surface area contributed by atoms with Gasteiger partial charge in [-0.15, -0.1) is 0 Å². The van der Waals surface area contributed by atoms with E-state index in [9.17, 15) is 4.79 Å². The minimum absolute atomic E-state index is 0.198. The van der Waals surface area contributed by atoms with Crippen LogP contribution in [0, 0.1) is 11.3 Å². The molecular weight excluding hydrogens is 358 g/mol. The molecule has 2 N–H and O–H groups in total. The van der Waals surface area contributed by atoms with Gasteiger partial charge < -0.3 is 20.1 Å². The summed E-state index contributed by atoms with van der Waals surface area (Å²) in [5.41, 5.74) is 1.94. The van der Waals surface area contributed by atoms with Crippen molar-refractivity contribution in [3.63, 3.8) is 0 Å². The van der Waals surface area contributed by atoms with E-state index in [1.54, 1.807) is 42.5 Å². The third kappa shape index (κ3) is 3.83. The summed E-state index contributed by atoms with van der Waals surface area (Å²) in [7, 11) is 0. The molecule has 1 amide bonds. The van der Waals surface area contributed by atoms with Crippen molar-refractivity contribution in [1.82, 2.24) is 9.97 Å². The first-order valence-electron chi connectivity index (χ1n) is 8.52. The van der Waals surface area contributed by atoms with Crippen molar-refractivity contribution in [1.29, 1.82) is 5.26 Å². The van der Waals surface area contributed by atoms with Gasteiger partial charge in [-0.3, -0.25) is 4.79 Å². The molecule has 1 aliphatic heterocycles. The lowest BCUT2D eigenvalue weighted by atomic mass is 10.2. The second-order valence-electron chi connectivity index (χ2n) is 5.90. The van der Waals surface area contributed by atoms with Gasteiger partial charge in [0.25, 0.3) is 5.91 Å². The average molecular weight is 373 g/mol. The Hall–Kier alpha value is -4.12. The van der Waals surface area contributed by atoms with Gasteiger partial charge in [-0.1, -0.05) is 6.07 Å². The van der Waals surface area contributed by atoms with E-state index in [0.29, 0.717) is 41.7 Å². The van der Waals surface area contributed by atoms with Crippen molar-refractivity contribution in [2.24, 2.45) is 0 Å². The van der Waals surface area contributed by atoms with Crippen LogP contribution in [0.2, 0.25) is 0 Å². The number of ether oxygens (including phenoxy) is 2. The van der Waals surface area contributed by atoms with Crippen molar-refractivity contribution < 1.29 is 14.3 Å². The average Bonchev–Trinajstić information content (AvgIpc) is 2.74. The molecule has 0 radical (unpaired) electrons. The predicted molar refractivity (Wildman–Crippen MR) is 102 cm³/mol. The molecule has 2 aromatic carbocycles. The predicted octanol–water partition coefficient (Wildman–Crippen LogP) is 3.12. The molecule has 1 aromatic heterocycles. The number of hydrogen-bond acceptors (Lipinski definition) is 7. The summed E-state index contributed by atoms with van der Waals surface area (Å²) in [4.78, 5) is 20.9. The van der Waals surface area contributed by atoms with Gasteiger partial charge in [0.1, 0.15) is 18.9 Å². The van der Waals surface area contributed by atoms with Crippen LogP contribution in [0.15, 0.2) is 54.7 Å². The largest absolute Gasteiger partial charge is 0.486 e. The van der Waals surface area contributed by atoms with Crippen LogP contribution in [-0.2, 0) is 0 Å². The molecular formula is C20H15N5O3. The second-order valence-corrected chi connectivity index (χ2v) is 5.90. The molecule has 0 spiro atoms. The number of carbonyl (C=O) groups excluding carboxylic acids is 1. The molecule has 138 valence electrons. The summed E-state index contributed by atoms with van der Waals surface area (Å²) < 4.78 is 11.0. The molecule has 0 unspecified atom stereocenters.